The molecule has 0 radical (unpaired) electrons. The Hall–Kier alpha value is -3.32. The van der Waals surface area contributed by atoms with Crippen molar-refractivity contribution in [1.82, 2.24) is 10.2 Å². The molecule has 1 atom stereocenters. The SMILES string of the molecule is CCCCNC(=O)C(Cc1ccccc1)N(Cc1cccc(OC)c1)C(=O)COc1cc(C)c(Br)c(C)c1. The van der Waals surface area contributed by atoms with Gasteiger partial charge in [0.05, 0.1) is 7.11 Å². The minimum Gasteiger partial charge on any atom is -0.497 e. The Morgan fingerprint density at radius 2 is 1.63 bits per heavy atom. The summed E-state index contributed by atoms with van der Waals surface area (Å²) < 4.78 is 12.4. The number of aryl methyl sites for hydroxylation is 2. The molecule has 0 saturated carbocycles. The maximum absolute atomic E-state index is 13.8. The minimum absolute atomic E-state index is 0.172. The monoisotopic (exact) mass is 580 g/mol. The largest absolute Gasteiger partial charge is 0.497 e. The standard InChI is InChI=1S/C31H37BrN2O4/c1-5-6-15-33-31(36)28(19-24-11-8-7-9-12-24)34(20-25-13-10-14-26(18-25)37-4)29(35)21-38-27-16-22(2)30(32)23(3)17-27/h7-14,16-18,28H,5-6,15,19-21H2,1-4H3,(H,33,36). The van der Waals surface area contributed by atoms with Crippen LogP contribution in [0, 0.1) is 13.8 Å². The van der Waals surface area contributed by atoms with Crippen molar-refractivity contribution in [2.75, 3.05) is 20.3 Å². The molecule has 6 nitrogen and oxygen atoms in total. The topological polar surface area (TPSA) is 67.9 Å². The number of carbonyl (C=O) groups is 2. The van der Waals surface area contributed by atoms with Gasteiger partial charge in [-0.1, -0.05) is 71.7 Å². The molecule has 1 unspecified atom stereocenters. The lowest BCUT2D eigenvalue weighted by molar-refractivity contribution is -0.142. The van der Waals surface area contributed by atoms with Crippen LogP contribution in [0.2, 0.25) is 0 Å². The average Bonchev–Trinajstić information content (AvgIpc) is 2.92. The third-order valence-corrected chi connectivity index (χ3v) is 7.61. The zero-order chi connectivity index (χ0) is 27.5. The zero-order valence-corrected chi connectivity index (χ0v) is 24.2. The van der Waals surface area contributed by atoms with Gasteiger partial charge in [0.15, 0.2) is 6.61 Å². The van der Waals surface area contributed by atoms with E-state index in [1.165, 1.54) is 0 Å². The number of benzene rings is 3. The van der Waals surface area contributed by atoms with Crippen molar-refractivity contribution in [3.63, 3.8) is 0 Å². The number of rotatable bonds is 13. The number of nitrogens with one attached hydrogen (secondary N) is 1. The van der Waals surface area contributed by atoms with Crippen molar-refractivity contribution in [3.05, 3.63) is 93.5 Å². The highest BCUT2D eigenvalue weighted by Crippen LogP contribution is 2.26. The van der Waals surface area contributed by atoms with Crippen LogP contribution in [0.3, 0.4) is 0 Å². The third kappa shape index (κ3) is 8.35. The fraction of sp³-hybridized carbons (Fsp3) is 0.355. The van der Waals surface area contributed by atoms with Crippen LogP contribution in [0.4, 0.5) is 0 Å². The van der Waals surface area contributed by atoms with Crippen LogP contribution < -0.4 is 14.8 Å². The molecule has 2 amide bonds. The summed E-state index contributed by atoms with van der Waals surface area (Å²) in [6.07, 6.45) is 2.24. The summed E-state index contributed by atoms with van der Waals surface area (Å²) in [5, 5.41) is 3.04. The molecule has 0 aliphatic rings. The normalized spacial score (nSPS) is 11.5. The van der Waals surface area contributed by atoms with Crippen LogP contribution in [-0.2, 0) is 22.6 Å². The average molecular weight is 582 g/mol. The Balaban J connectivity index is 1.92. The van der Waals surface area contributed by atoms with Gasteiger partial charge in [0.1, 0.15) is 17.5 Å². The van der Waals surface area contributed by atoms with E-state index in [4.69, 9.17) is 9.47 Å². The molecule has 0 aliphatic heterocycles. The van der Waals surface area contributed by atoms with Gasteiger partial charge in [-0.15, -0.1) is 0 Å². The van der Waals surface area contributed by atoms with E-state index >= 15 is 0 Å². The molecule has 0 saturated heterocycles. The Morgan fingerprint density at radius 1 is 0.947 bits per heavy atom. The van der Waals surface area contributed by atoms with Gasteiger partial charge in [-0.25, -0.2) is 0 Å². The van der Waals surface area contributed by atoms with Crippen molar-refractivity contribution < 1.29 is 19.1 Å². The summed E-state index contributed by atoms with van der Waals surface area (Å²) >= 11 is 3.57. The number of amides is 2. The van der Waals surface area contributed by atoms with Crippen molar-refractivity contribution in [2.24, 2.45) is 0 Å². The number of ether oxygens (including phenoxy) is 2. The Labute approximate surface area is 234 Å². The second-order valence-corrected chi connectivity index (χ2v) is 10.2. The van der Waals surface area contributed by atoms with Gasteiger partial charge < -0.3 is 19.7 Å². The number of carbonyl (C=O) groups excluding carboxylic acids is 2. The Morgan fingerprint density at radius 3 is 2.29 bits per heavy atom. The van der Waals surface area contributed by atoms with Crippen LogP contribution in [0.1, 0.15) is 42.0 Å². The lowest BCUT2D eigenvalue weighted by Crippen LogP contribution is -2.51. The maximum Gasteiger partial charge on any atom is 0.261 e. The smallest absolute Gasteiger partial charge is 0.261 e. The molecule has 38 heavy (non-hydrogen) atoms. The third-order valence-electron chi connectivity index (χ3n) is 6.36. The quantitative estimate of drug-likeness (QED) is 0.251. The highest BCUT2D eigenvalue weighted by atomic mass is 79.9. The summed E-state index contributed by atoms with van der Waals surface area (Å²) in [6.45, 7) is 6.67. The fourth-order valence-corrected chi connectivity index (χ4v) is 4.47. The van der Waals surface area contributed by atoms with Gasteiger partial charge in [0.25, 0.3) is 5.91 Å². The van der Waals surface area contributed by atoms with Crippen LogP contribution in [0.25, 0.3) is 0 Å². The molecular formula is C31H37BrN2O4. The van der Waals surface area contributed by atoms with Crippen LogP contribution in [0.15, 0.2) is 71.2 Å². The first-order valence-corrected chi connectivity index (χ1v) is 13.7. The molecule has 0 heterocycles. The summed E-state index contributed by atoms with van der Waals surface area (Å²) in [4.78, 5) is 28.9. The molecule has 0 fully saturated rings. The summed E-state index contributed by atoms with van der Waals surface area (Å²) in [6, 6.07) is 20.4. The fourth-order valence-electron chi connectivity index (χ4n) is 4.25. The van der Waals surface area contributed by atoms with E-state index in [-0.39, 0.29) is 25.0 Å². The molecule has 0 aliphatic carbocycles. The Kier molecular flexibility index (Phi) is 11.2. The second kappa shape index (κ2) is 14.6. The molecule has 3 rings (SSSR count). The van der Waals surface area contributed by atoms with Crippen LogP contribution >= 0.6 is 15.9 Å². The van der Waals surface area contributed by atoms with Crippen molar-refractivity contribution in [3.8, 4) is 11.5 Å². The first kappa shape index (κ1) is 29.2. The number of halogens is 1. The van der Waals surface area contributed by atoms with E-state index in [0.717, 1.165) is 39.6 Å². The van der Waals surface area contributed by atoms with Crippen molar-refractivity contribution in [1.29, 1.82) is 0 Å². The highest BCUT2D eigenvalue weighted by molar-refractivity contribution is 9.10. The molecular weight excluding hydrogens is 544 g/mol. The summed E-state index contributed by atoms with van der Waals surface area (Å²) in [5.74, 6) is 0.871. The highest BCUT2D eigenvalue weighted by Gasteiger charge is 2.30. The molecule has 1 N–H and O–H groups in total. The van der Waals surface area contributed by atoms with Gasteiger partial charge in [0, 0.05) is 24.0 Å². The van der Waals surface area contributed by atoms with Gasteiger partial charge in [0.2, 0.25) is 5.91 Å². The molecule has 0 aromatic heterocycles. The van der Waals surface area contributed by atoms with Gasteiger partial charge in [-0.2, -0.15) is 0 Å². The van der Waals surface area contributed by atoms with E-state index in [9.17, 15) is 9.59 Å². The Bertz CT molecular complexity index is 1190. The van der Waals surface area contributed by atoms with Gasteiger partial charge >= 0.3 is 0 Å². The first-order valence-electron chi connectivity index (χ1n) is 13.0. The van der Waals surface area contributed by atoms with Gasteiger partial charge in [-0.3, -0.25) is 9.59 Å². The first-order chi connectivity index (χ1) is 18.3. The lowest BCUT2D eigenvalue weighted by Gasteiger charge is -2.31. The molecule has 0 bridgehead atoms. The van der Waals surface area contributed by atoms with Crippen LogP contribution in [0.5, 0.6) is 11.5 Å². The van der Waals surface area contributed by atoms with Crippen molar-refractivity contribution in [2.45, 2.75) is 52.6 Å². The zero-order valence-electron chi connectivity index (χ0n) is 22.6. The minimum atomic E-state index is -0.704. The lowest BCUT2D eigenvalue weighted by atomic mass is 10.0. The second-order valence-electron chi connectivity index (χ2n) is 9.38. The van der Waals surface area contributed by atoms with E-state index in [0.29, 0.717) is 24.5 Å². The van der Waals surface area contributed by atoms with E-state index < -0.39 is 6.04 Å². The summed E-state index contributed by atoms with van der Waals surface area (Å²) in [5.41, 5.74) is 3.90. The van der Waals surface area contributed by atoms with E-state index in [2.05, 4.69) is 28.2 Å². The number of nitrogens with zero attached hydrogens (tertiary/aromatic N) is 1. The molecule has 3 aromatic carbocycles. The molecule has 3 aromatic rings. The summed E-state index contributed by atoms with van der Waals surface area (Å²) in [7, 11) is 1.61. The number of methoxy groups -OCH3 is 1. The number of unbranched alkanes of at least 4 members (excludes halogenated alkanes) is 1. The van der Waals surface area contributed by atoms with E-state index in [1.807, 2.05) is 80.6 Å². The predicted molar refractivity (Wildman–Crippen MR) is 155 cm³/mol. The van der Waals surface area contributed by atoms with Crippen molar-refractivity contribution >= 4 is 27.7 Å². The predicted octanol–water partition coefficient (Wildman–Crippen LogP) is 6.01. The molecule has 202 valence electrons. The maximum atomic E-state index is 13.8. The number of hydrogen-bond acceptors (Lipinski definition) is 4. The van der Waals surface area contributed by atoms with E-state index in [1.54, 1.807) is 12.0 Å². The molecule has 7 heteroatoms. The van der Waals surface area contributed by atoms with Crippen LogP contribution in [-0.4, -0.2) is 43.0 Å². The molecule has 0 spiro atoms. The number of hydrogen-bond donors (Lipinski definition) is 1. The van der Waals surface area contributed by atoms with Gasteiger partial charge in [-0.05, 0) is 66.8 Å².